The van der Waals surface area contributed by atoms with E-state index in [0.717, 1.165) is 0 Å². The summed E-state index contributed by atoms with van der Waals surface area (Å²) in [5.41, 5.74) is 0.304. The highest BCUT2D eigenvalue weighted by Gasteiger charge is 2.15. The fourth-order valence-electron chi connectivity index (χ4n) is 1.68. The van der Waals surface area contributed by atoms with Crippen LogP contribution in [-0.2, 0) is 9.53 Å². The molecular weight excluding hydrogens is 277 g/mol. The van der Waals surface area contributed by atoms with Gasteiger partial charge in [0.2, 0.25) is 5.91 Å². The van der Waals surface area contributed by atoms with Crippen LogP contribution in [-0.4, -0.2) is 45.2 Å². The molecule has 0 bridgehead atoms. The molecule has 0 unspecified atom stereocenters. The number of carbonyl (C=O) groups excluding carboxylic acids is 2. The van der Waals surface area contributed by atoms with Crippen molar-refractivity contribution in [1.82, 2.24) is 10.6 Å². The average molecular weight is 297 g/mol. The van der Waals surface area contributed by atoms with E-state index in [1.165, 1.54) is 25.3 Å². The molecule has 0 saturated carbocycles. The summed E-state index contributed by atoms with van der Waals surface area (Å²) in [5.74, 6) is -1.34. The van der Waals surface area contributed by atoms with E-state index in [1.54, 1.807) is 6.92 Å². The van der Waals surface area contributed by atoms with E-state index in [2.05, 4.69) is 16.0 Å². The minimum Gasteiger partial charge on any atom is -0.383 e. The zero-order valence-electron chi connectivity index (χ0n) is 12.2. The van der Waals surface area contributed by atoms with Gasteiger partial charge >= 0.3 is 0 Å². The molecule has 0 fully saturated rings. The van der Waals surface area contributed by atoms with E-state index in [9.17, 15) is 14.0 Å². The molecule has 0 aliphatic carbocycles. The summed E-state index contributed by atoms with van der Waals surface area (Å²) < 4.78 is 18.5. The van der Waals surface area contributed by atoms with Gasteiger partial charge in [0.1, 0.15) is 5.82 Å². The molecule has 0 spiro atoms. The maximum atomic E-state index is 13.7. The zero-order valence-corrected chi connectivity index (χ0v) is 12.2. The van der Waals surface area contributed by atoms with Crippen LogP contribution >= 0.6 is 0 Å². The van der Waals surface area contributed by atoms with Gasteiger partial charge in [-0.25, -0.2) is 4.39 Å². The van der Waals surface area contributed by atoms with Crippen molar-refractivity contribution < 1.29 is 18.7 Å². The molecule has 0 saturated heterocycles. The van der Waals surface area contributed by atoms with Crippen molar-refractivity contribution in [1.29, 1.82) is 0 Å². The molecule has 0 heterocycles. The number of methoxy groups -OCH3 is 1. The number of halogens is 1. The van der Waals surface area contributed by atoms with Crippen LogP contribution in [0.3, 0.4) is 0 Å². The van der Waals surface area contributed by atoms with E-state index in [0.29, 0.717) is 19.7 Å². The molecule has 3 N–H and O–H groups in total. The van der Waals surface area contributed by atoms with Crippen molar-refractivity contribution in [3.05, 3.63) is 29.6 Å². The number of nitrogens with one attached hydrogen (secondary N) is 3. The molecule has 0 radical (unpaired) electrons. The van der Waals surface area contributed by atoms with Crippen LogP contribution < -0.4 is 16.0 Å². The summed E-state index contributed by atoms with van der Waals surface area (Å²) in [5, 5.41) is 7.83. The average Bonchev–Trinajstić information content (AvgIpc) is 2.47. The third-order valence-corrected chi connectivity index (χ3v) is 2.65. The van der Waals surface area contributed by atoms with Gasteiger partial charge in [-0.1, -0.05) is 6.07 Å². The minimum atomic E-state index is -0.507. The van der Waals surface area contributed by atoms with Crippen molar-refractivity contribution in [3.63, 3.8) is 0 Å². The van der Waals surface area contributed by atoms with Gasteiger partial charge in [0.05, 0.1) is 24.4 Å². The van der Waals surface area contributed by atoms with Gasteiger partial charge in [0, 0.05) is 20.2 Å². The van der Waals surface area contributed by atoms with Gasteiger partial charge in [-0.2, -0.15) is 0 Å². The normalized spacial score (nSPS) is 10.0. The molecule has 6 nitrogen and oxygen atoms in total. The largest absolute Gasteiger partial charge is 0.383 e. The highest BCUT2D eigenvalue weighted by molar-refractivity contribution is 6.01. The highest BCUT2D eigenvalue weighted by Crippen LogP contribution is 2.19. The van der Waals surface area contributed by atoms with E-state index >= 15 is 0 Å². The Morgan fingerprint density at radius 1 is 1.29 bits per heavy atom. The Hall–Kier alpha value is -2.15. The summed E-state index contributed by atoms with van der Waals surface area (Å²) >= 11 is 0. The number of rotatable bonds is 8. The maximum absolute atomic E-state index is 13.7. The number of ether oxygens (including phenoxy) is 1. The molecular formula is C14H20FN3O3. The summed E-state index contributed by atoms with van der Waals surface area (Å²) in [4.78, 5) is 23.5. The summed E-state index contributed by atoms with van der Waals surface area (Å²) in [6.07, 6.45) is 0. The van der Waals surface area contributed by atoms with Crippen molar-refractivity contribution in [3.8, 4) is 0 Å². The van der Waals surface area contributed by atoms with Crippen LogP contribution in [0.1, 0.15) is 17.3 Å². The zero-order chi connectivity index (χ0) is 15.7. The molecule has 1 aromatic carbocycles. The van der Waals surface area contributed by atoms with E-state index in [-0.39, 0.29) is 23.7 Å². The van der Waals surface area contributed by atoms with Gasteiger partial charge in [-0.05, 0) is 19.1 Å². The second kappa shape index (κ2) is 8.91. The number of anilines is 1. The monoisotopic (exact) mass is 297 g/mol. The van der Waals surface area contributed by atoms with Crippen molar-refractivity contribution >= 4 is 17.5 Å². The maximum Gasteiger partial charge on any atom is 0.253 e. The van der Waals surface area contributed by atoms with Crippen LogP contribution in [0.5, 0.6) is 0 Å². The van der Waals surface area contributed by atoms with Crippen molar-refractivity contribution in [2.75, 3.05) is 38.7 Å². The van der Waals surface area contributed by atoms with Gasteiger partial charge in [-0.3, -0.25) is 9.59 Å². The first-order valence-corrected chi connectivity index (χ1v) is 6.66. The lowest BCUT2D eigenvalue weighted by Gasteiger charge is -2.12. The van der Waals surface area contributed by atoms with Gasteiger partial charge in [-0.15, -0.1) is 0 Å². The SMILES string of the molecule is CCNc1c(F)cccc1C(=O)NCC(=O)NCCOC. The number of para-hydroxylation sites is 1. The molecule has 1 rings (SSSR count). The third-order valence-electron chi connectivity index (χ3n) is 2.65. The second-order valence-corrected chi connectivity index (χ2v) is 4.22. The topological polar surface area (TPSA) is 79.5 Å². The summed E-state index contributed by atoms with van der Waals surface area (Å²) in [6, 6.07) is 4.22. The number of hydrogen-bond acceptors (Lipinski definition) is 4. The van der Waals surface area contributed by atoms with Crippen LogP contribution in [0.4, 0.5) is 10.1 Å². The molecule has 116 valence electrons. The van der Waals surface area contributed by atoms with Gasteiger partial charge in [0.15, 0.2) is 0 Å². The standard InChI is InChI=1S/C14H20FN3O3/c1-3-16-13-10(5-4-6-11(13)15)14(20)18-9-12(19)17-7-8-21-2/h4-6,16H,3,7-9H2,1-2H3,(H,17,19)(H,18,20). The quantitative estimate of drug-likeness (QED) is 0.619. The molecule has 0 aliphatic rings. The number of amides is 2. The minimum absolute atomic E-state index is 0.136. The fraction of sp³-hybridized carbons (Fsp3) is 0.429. The van der Waals surface area contributed by atoms with Crippen molar-refractivity contribution in [2.45, 2.75) is 6.92 Å². The lowest BCUT2D eigenvalue weighted by Crippen LogP contribution is -2.38. The molecule has 21 heavy (non-hydrogen) atoms. The number of carbonyl (C=O) groups is 2. The van der Waals surface area contributed by atoms with Crippen LogP contribution in [0.15, 0.2) is 18.2 Å². The molecule has 1 aromatic rings. The van der Waals surface area contributed by atoms with E-state index in [1.807, 2.05) is 0 Å². The summed E-state index contributed by atoms with van der Waals surface area (Å²) in [6.45, 7) is 2.88. The highest BCUT2D eigenvalue weighted by atomic mass is 19.1. The van der Waals surface area contributed by atoms with Crippen LogP contribution in [0.2, 0.25) is 0 Å². The molecule has 0 atom stereocenters. The van der Waals surface area contributed by atoms with Crippen LogP contribution in [0.25, 0.3) is 0 Å². The predicted octanol–water partition coefficient (Wildman–Crippen LogP) is 0.750. The predicted molar refractivity (Wildman–Crippen MR) is 77.8 cm³/mol. The van der Waals surface area contributed by atoms with Crippen LogP contribution in [0, 0.1) is 5.82 Å². The second-order valence-electron chi connectivity index (χ2n) is 4.22. The molecule has 7 heteroatoms. The number of benzene rings is 1. The van der Waals surface area contributed by atoms with Gasteiger partial charge < -0.3 is 20.7 Å². The smallest absolute Gasteiger partial charge is 0.253 e. The molecule has 2 amide bonds. The first kappa shape index (κ1) is 16.9. The van der Waals surface area contributed by atoms with E-state index in [4.69, 9.17) is 4.74 Å². The van der Waals surface area contributed by atoms with E-state index < -0.39 is 11.7 Å². The fourth-order valence-corrected chi connectivity index (χ4v) is 1.68. The number of hydrogen-bond donors (Lipinski definition) is 3. The first-order valence-electron chi connectivity index (χ1n) is 6.66. The Kier molecular flexibility index (Phi) is 7.17. The Labute approximate surface area is 123 Å². The molecule has 0 aromatic heterocycles. The first-order chi connectivity index (χ1) is 10.1. The summed E-state index contributed by atoms with van der Waals surface area (Å²) in [7, 11) is 1.53. The Morgan fingerprint density at radius 2 is 2.05 bits per heavy atom. The van der Waals surface area contributed by atoms with Gasteiger partial charge in [0.25, 0.3) is 5.91 Å². The Bertz CT molecular complexity index is 494. The lowest BCUT2D eigenvalue weighted by atomic mass is 10.1. The third kappa shape index (κ3) is 5.39. The Morgan fingerprint density at radius 3 is 2.71 bits per heavy atom. The van der Waals surface area contributed by atoms with Crippen molar-refractivity contribution in [2.24, 2.45) is 0 Å². The molecule has 0 aliphatic heterocycles. The Balaban J connectivity index is 2.60. The lowest BCUT2D eigenvalue weighted by molar-refractivity contribution is -0.120.